The number of imide groups is 1. The van der Waals surface area contributed by atoms with Crippen LogP contribution in [-0.4, -0.2) is 42.3 Å². The minimum atomic E-state index is -0.270. The lowest BCUT2D eigenvalue weighted by atomic mass is 10.1. The van der Waals surface area contributed by atoms with Crippen LogP contribution in [-0.2, 0) is 6.54 Å². The Morgan fingerprint density at radius 3 is 2.28 bits per heavy atom. The third-order valence-corrected chi connectivity index (χ3v) is 4.69. The first kappa shape index (κ1) is 20.5. The molecular weight excluding hydrogens is 371 g/mol. The predicted molar refractivity (Wildman–Crippen MR) is 110 cm³/mol. The number of nitrogens with one attached hydrogen (secondary N) is 2. The van der Waals surface area contributed by atoms with E-state index in [-0.39, 0.29) is 24.2 Å². The summed E-state index contributed by atoms with van der Waals surface area (Å²) in [5.41, 5.74) is 1.49. The van der Waals surface area contributed by atoms with Crippen LogP contribution in [0.25, 0.3) is 0 Å². The van der Waals surface area contributed by atoms with Crippen molar-refractivity contribution in [2.24, 2.45) is 4.99 Å². The van der Waals surface area contributed by atoms with Crippen molar-refractivity contribution in [3.63, 3.8) is 0 Å². The van der Waals surface area contributed by atoms with E-state index in [1.807, 2.05) is 6.92 Å². The molecule has 1 aliphatic heterocycles. The number of fused-ring (bicyclic) bond motifs is 1. The second-order valence-corrected chi connectivity index (χ2v) is 6.73. The number of amides is 2. The van der Waals surface area contributed by atoms with Crippen molar-refractivity contribution >= 4 is 17.8 Å². The molecular formula is C22H25FN4O2. The van der Waals surface area contributed by atoms with Crippen molar-refractivity contribution in [1.29, 1.82) is 0 Å². The van der Waals surface area contributed by atoms with Gasteiger partial charge in [-0.3, -0.25) is 14.5 Å². The number of carbonyl (C=O) groups excluding carboxylic acids is 2. The highest BCUT2D eigenvalue weighted by Gasteiger charge is 2.34. The van der Waals surface area contributed by atoms with E-state index in [2.05, 4.69) is 15.6 Å². The van der Waals surface area contributed by atoms with E-state index in [0.29, 0.717) is 48.7 Å². The van der Waals surface area contributed by atoms with Crippen LogP contribution < -0.4 is 10.6 Å². The standard InChI is InChI=1S/C22H25FN4O2/c1-2-24-22(26-15-16-9-3-6-12-19(16)23)25-13-7-8-14-27-20(28)17-10-4-5-11-18(17)21(27)29/h3-6,9-12H,2,7-8,13-15H2,1H3,(H2,24,25,26). The van der Waals surface area contributed by atoms with Crippen LogP contribution in [0.15, 0.2) is 53.5 Å². The Kier molecular flexibility index (Phi) is 6.94. The molecule has 0 radical (unpaired) electrons. The lowest BCUT2D eigenvalue weighted by molar-refractivity contribution is 0.0652. The lowest BCUT2D eigenvalue weighted by Gasteiger charge is -2.14. The molecule has 152 valence electrons. The Bertz CT molecular complexity index is 878. The van der Waals surface area contributed by atoms with Crippen LogP contribution in [0.4, 0.5) is 4.39 Å². The van der Waals surface area contributed by atoms with Crippen LogP contribution in [0.1, 0.15) is 46.0 Å². The molecule has 2 aromatic rings. The van der Waals surface area contributed by atoms with Crippen LogP contribution in [0.2, 0.25) is 0 Å². The van der Waals surface area contributed by atoms with Crippen molar-refractivity contribution in [2.45, 2.75) is 26.3 Å². The first-order valence-corrected chi connectivity index (χ1v) is 9.82. The predicted octanol–water partition coefficient (Wildman–Crippen LogP) is 2.96. The average molecular weight is 396 g/mol. The van der Waals surface area contributed by atoms with Crippen molar-refractivity contribution in [3.8, 4) is 0 Å². The summed E-state index contributed by atoms with van der Waals surface area (Å²) in [6.07, 6.45) is 1.45. The molecule has 1 heterocycles. The maximum atomic E-state index is 13.7. The molecule has 0 bridgehead atoms. The zero-order valence-corrected chi connectivity index (χ0v) is 16.5. The summed E-state index contributed by atoms with van der Waals surface area (Å²) in [7, 11) is 0. The van der Waals surface area contributed by atoms with Gasteiger partial charge in [0.25, 0.3) is 11.8 Å². The van der Waals surface area contributed by atoms with Gasteiger partial charge in [0.05, 0.1) is 17.7 Å². The van der Waals surface area contributed by atoms with Crippen LogP contribution in [0, 0.1) is 5.82 Å². The zero-order valence-electron chi connectivity index (χ0n) is 16.5. The van der Waals surface area contributed by atoms with E-state index in [9.17, 15) is 14.0 Å². The van der Waals surface area contributed by atoms with Gasteiger partial charge in [0, 0.05) is 25.2 Å². The summed E-state index contributed by atoms with van der Waals surface area (Å²) in [5.74, 6) is -0.110. The Hall–Kier alpha value is -3.22. The summed E-state index contributed by atoms with van der Waals surface area (Å²) < 4.78 is 13.7. The third-order valence-electron chi connectivity index (χ3n) is 4.69. The van der Waals surface area contributed by atoms with Crippen LogP contribution in [0.5, 0.6) is 0 Å². The number of unbranched alkanes of at least 4 members (excludes halogenated alkanes) is 1. The van der Waals surface area contributed by atoms with E-state index >= 15 is 0 Å². The Morgan fingerprint density at radius 1 is 0.966 bits per heavy atom. The zero-order chi connectivity index (χ0) is 20.6. The summed E-state index contributed by atoms with van der Waals surface area (Å²) in [6, 6.07) is 13.5. The fourth-order valence-electron chi connectivity index (χ4n) is 3.18. The van der Waals surface area contributed by atoms with Gasteiger partial charge in [-0.2, -0.15) is 0 Å². The third kappa shape index (κ3) is 4.99. The van der Waals surface area contributed by atoms with E-state index < -0.39 is 0 Å². The van der Waals surface area contributed by atoms with Gasteiger partial charge in [0.15, 0.2) is 5.96 Å². The molecule has 2 amide bonds. The highest BCUT2D eigenvalue weighted by molar-refractivity contribution is 6.21. The maximum absolute atomic E-state index is 13.7. The van der Waals surface area contributed by atoms with Gasteiger partial charge in [-0.25, -0.2) is 9.38 Å². The minimum Gasteiger partial charge on any atom is -0.357 e. The van der Waals surface area contributed by atoms with Crippen molar-refractivity contribution in [1.82, 2.24) is 15.5 Å². The van der Waals surface area contributed by atoms with Crippen molar-refractivity contribution < 1.29 is 14.0 Å². The maximum Gasteiger partial charge on any atom is 0.261 e. The van der Waals surface area contributed by atoms with Gasteiger partial charge >= 0.3 is 0 Å². The first-order chi connectivity index (χ1) is 14.1. The fourth-order valence-corrected chi connectivity index (χ4v) is 3.18. The SMILES string of the molecule is CCNC(=NCc1ccccc1F)NCCCCN1C(=O)c2ccccc2C1=O. The van der Waals surface area contributed by atoms with E-state index in [1.54, 1.807) is 42.5 Å². The molecule has 0 saturated carbocycles. The van der Waals surface area contributed by atoms with Gasteiger partial charge in [0.2, 0.25) is 0 Å². The number of benzene rings is 2. The molecule has 0 spiro atoms. The van der Waals surface area contributed by atoms with E-state index in [0.717, 1.165) is 6.42 Å². The average Bonchev–Trinajstić information content (AvgIpc) is 2.97. The second-order valence-electron chi connectivity index (χ2n) is 6.73. The normalized spacial score (nSPS) is 13.6. The fraction of sp³-hybridized carbons (Fsp3) is 0.318. The highest BCUT2D eigenvalue weighted by atomic mass is 19.1. The Balaban J connectivity index is 1.45. The van der Waals surface area contributed by atoms with Gasteiger partial charge in [-0.1, -0.05) is 30.3 Å². The highest BCUT2D eigenvalue weighted by Crippen LogP contribution is 2.22. The molecule has 2 aromatic carbocycles. The Morgan fingerprint density at radius 2 is 1.62 bits per heavy atom. The van der Waals surface area contributed by atoms with Gasteiger partial charge in [0.1, 0.15) is 5.82 Å². The lowest BCUT2D eigenvalue weighted by Crippen LogP contribution is -2.38. The molecule has 0 saturated heterocycles. The van der Waals surface area contributed by atoms with Crippen molar-refractivity contribution in [2.75, 3.05) is 19.6 Å². The summed E-state index contributed by atoms with van der Waals surface area (Å²) in [4.78, 5) is 30.4. The molecule has 2 N–H and O–H groups in total. The molecule has 29 heavy (non-hydrogen) atoms. The van der Waals surface area contributed by atoms with Crippen LogP contribution >= 0.6 is 0 Å². The molecule has 0 aliphatic carbocycles. The number of aliphatic imine (C=N–C) groups is 1. The molecule has 6 nitrogen and oxygen atoms in total. The minimum absolute atomic E-state index is 0.224. The van der Waals surface area contributed by atoms with Gasteiger partial charge in [-0.05, 0) is 38.0 Å². The number of hydrogen-bond acceptors (Lipinski definition) is 3. The van der Waals surface area contributed by atoms with Gasteiger partial charge < -0.3 is 10.6 Å². The molecule has 3 rings (SSSR count). The molecule has 0 unspecified atom stereocenters. The number of rotatable bonds is 8. The first-order valence-electron chi connectivity index (χ1n) is 9.82. The monoisotopic (exact) mass is 396 g/mol. The summed E-state index contributed by atoms with van der Waals surface area (Å²) in [6.45, 7) is 3.92. The van der Waals surface area contributed by atoms with E-state index in [1.165, 1.54) is 11.0 Å². The molecule has 0 fully saturated rings. The topological polar surface area (TPSA) is 73.8 Å². The summed E-state index contributed by atoms with van der Waals surface area (Å²) in [5, 5.41) is 6.33. The molecule has 0 atom stereocenters. The number of carbonyl (C=O) groups is 2. The van der Waals surface area contributed by atoms with Gasteiger partial charge in [-0.15, -0.1) is 0 Å². The molecule has 0 aromatic heterocycles. The quantitative estimate of drug-likeness (QED) is 0.311. The largest absolute Gasteiger partial charge is 0.357 e. The number of guanidine groups is 1. The summed E-state index contributed by atoms with van der Waals surface area (Å²) >= 11 is 0. The molecule has 1 aliphatic rings. The van der Waals surface area contributed by atoms with Crippen molar-refractivity contribution in [3.05, 3.63) is 71.0 Å². The number of halogens is 1. The van der Waals surface area contributed by atoms with Crippen LogP contribution in [0.3, 0.4) is 0 Å². The van der Waals surface area contributed by atoms with E-state index in [4.69, 9.17) is 0 Å². The number of nitrogens with zero attached hydrogens (tertiary/aromatic N) is 2. The Labute approximate surface area is 169 Å². The second kappa shape index (κ2) is 9.82. The number of hydrogen-bond donors (Lipinski definition) is 2. The smallest absolute Gasteiger partial charge is 0.261 e. The molecule has 7 heteroatoms.